The fourth-order valence-corrected chi connectivity index (χ4v) is 8.50. The van der Waals surface area contributed by atoms with Gasteiger partial charge < -0.3 is 9.47 Å². The van der Waals surface area contributed by atoms with Crippen molar-refractivity contribution < 1.29 is 14.3 Å². The van der Waals surface area contributed by atoms with Crippen molar-refractivity contribution in [3.8, 4) is 0 Å². The number of hydrogen-bond donors (Lipinski definition) is 0. The molecule has 3 heteroatoms. The zero-order valence-corrected chi connectivity index (χ0v) is 18.0. The van der Waals surface area contributed by atoms with Crippen LogP contribution in [-0.2, 0) is 14.3 Å². The summed E-state index contributed by atoms with van der Waals surface area (Å²) in [6.45, 7) is 7.48. The van der Waals surface area contributed by atoms with Crippen LogP contribution in [0.2, 0.25) is 0 Å². The van der Waals surface area contributed by atoms with Crippen LogP contribution in [-0.4, -0.2) is 25.8 Å². The van der Waals surface area contributed by atoms with E-state index >= 15 is 0 Å². The van der Waals surface area contributed by atoms with Gasteiger partial charge in [-0.25, -0.2) is 4.79 Å². The summed E-state index contributed by atoms with van der Waals surface area (Å²) in [4.78, 5) is 12.4. The second kappa shape index (κ2) is 7.35. The maximum atomic E-state index is 12.4. The van der Waals surface area contributed by atoms with Gasteiger partial charge in [0.05, 0.1) is 0 Å². The molecule has 0 radical (unpaired) electrons. The van der Waals surface area contributed by atoms with E-state index in [2.05, 4.69) is 20.8 Å². The van der Waals surface area contributed by atoms with Crippen molar-refractivity contribution in [1.29, 1.82) is 0 Å². The Hall–Kier alpha value is -0.570. The zero-order chi connectivity index (χ0) is 19.2. The Morgan fingerprint density at radius 1 is 1.04 bits per heavy atom. The first-order valence-corrected chi connectivity index (χ1v) is 11.6. The second-order valence-corrected chi connectivity index (χ2v) is 10.6. The van der Waals surface area contributed by atoms with E-state index in [1.807, 2.05) is 0 Å². The van der Waals surface area contributed by atoms with Crippen LogP contribution in [0.4, 0.5) is 0 Å². The van der Waals surface area contributed by atoms with Crippen molar-refractivity contribution in [2.24, 2.45) is 40.4 Å². The normalized spacial score (nSPS) is 49.0. The zero-order valence-electron chi connectivity index (χ0n) is 18.0. The molecule has 0 unspecified atom stereocenters. The van der Waals surface area contributed by atoms with E-state index in [4.69, 9.17) is 9.47 Å². The van der Waals surface area contributed by atoms with Crippen LogP contribution in [0.3, 0.4) is 0 Å². The molecular weight excluding hydrogens is 336 g/mol. The molecule has 0 bridgehead atoms. The topological polar surface area (TPSA) is 35.5 Å². The van der Waals surface area contributed by atoms with E-state index in [0.717, 1.165) is 30.1 Å². The molecule has 3 nitrogen and oxygen atoms in total. The van der Waals surface area contributed by atoms with E-state index in [0.29, 0.717) is 11.3 Å². The van der Waals surface area contributed by atoms with E-state index in [-0.39, 0.29) is 24.1 Å². The number of hydrogen-bond acceptors (Lipinski definition) is 3. The highest BCUT2D eigenvalue weighted by molar-refractivity contribution is 5.71. The van der Waals surface area contributed by atoms with E-state index in [9.17, 15) is 4.79 Å². The van der Waals surface area contributed by atoms with Crippen molar-refractivity contribution >= 4 is 5.97 Å². The third-order valence-electron chi connectivity index (χ3n) is 9.88. The Balaban J connectivity index is 1.66. The van der Waals surface area contributed by atoms with Crippen molar-refractivity contribution in [2.75, 3.05) is 13.7 Å². The predicted molar refractivity (Wildman–Crippen MR) is 107 cm³/mol. The molecule has 4 aliphatic rings. The van der Waals surface area contributed by atoms with Gasteiger partial charge in [0.2, 0.25) is 0 Å². The predicted octanol–water partition coefficient (Wildman–Crippen LogP) is 5.61. The lowest BCUT2D eigenvalue weighted by atomic mass is 9.44. The number of methoxy groups -OCH3 is 1. The first-order valence-electron chi connectivity index (χ1n) is 11.6. The highest BCUT2D eigenvalue weighted by Crippen LogP contribution is 2.68. The Morgan fingerprint density at radius 2 is 1.85 bits per heavy atom. The summed E-state index contributed by atoms with van der Waals surface area (Å²) >= 11 is 0. The summed E-state index contributed by atoms with van der Waals surface area (Å²) < 4.78 is 11.3. The minimum absolute atomic E-state index is 0.0800. The molecule has 8 atom stereocenters. The maximum absolute atomic E-state index is 12.4. The molecule has 4 fully saturated rings. The Labute approximate surface area is 165 Å². The quantitative estimate of drug-likeness (QED) is 0.598. The lowest BCUT2D eigenvalue weighted by Crippen LogP contribution is -2.58. The average Bonchev–Trinajstić information content (AvgIpc) is 3.00. The molecule has 4 aliphatic carbocycles. The molecule has 0 heterocycles. The molecule has 4 rings (SSSR count). The standard InChI is InChI=1S/C24H40O3/c1-5-16-10-12-19-18-11-9-17-8-6-7-13-23(17,2)20(18)14-21(24(16,19)3)27-22(25)15-26-4/h16-21H,5-15H2,1-4H3/t16-,17+,18-,19-,20-,21+,23-,24+/m0/s1. The molecule has 27 heavy (non-hydrogen) atoms. The average molecular weight is 377 g/mol. The van der Waals surface area contributed by atoms with Gasteiger partial charge in [-0.05, 0) is 80.0 Å². The number of ether oxygens (including phenoxy) is 2. The lowest BCUT2D eigenvalue weighted by molar-refractivity contribution is -0.194. The molecule has 154 valence electrons. The van der Waals surface area contributed by atoms with E-state index < -0.39 is 0 Å². The number of rotatable bonds is 4. The Kier molecular flexibility index (Phi) is 5.37. The minimum atomic E-state index is -0.163. The van der Waals surface area contributed by atoms with E-state index in [1.165, 1.54) is 57.8 Å². The number of carbonyl (C=O) groups excluding carboxylic acids is 1. The van der Waals surface area contributed by atoms with Gasteiger partial charge in [0, 0.05) is 12.5 Å². The van der Waals surface area contributed by atoms with Gasteiger partial charge in [-0.3, -0.25) is 0 Å². The van der Waals surface area contributed by atoms with Crippen LogP contribution in [0, 0.1) is 40.4 Å². The van der Waals surface area contributed by atoms with Crippen LogP contribution in [0.1, 0.15) is 85.0 Å². The first-order chi connectivity index (χ1) is 12.9. The van der Waals surface area contributed by atoms with E-state index in [1.54, 1.807) is 7.11 Å². The molecule has 4 saturated carbocycles. The molecule has 0 aliphatic heterocycles. The first kappa shape index (κ1) is 19.7. The summed E-state index contributed by atoms with van der Waals surface area (Å²) in [6, 6.07) is 0. The number of carbonyl (C=O) groups is 1. The second-order valence-electron chi connectivity index (χ2n) is 10.6. The molecule has 0 aromatic rings. The van der Waals surface area contributed by atoms with Crippen molar-refractivity contribution in [1.82, 2.24) is 0 Å². The van der Waals surface area contributed by atoms with Crippen LogP contribution in [0.5, 0.6) is 0 Å². The van der Waals surface area contributed by atoms with Crippen molar-refractivity contribution in [2.45, 2.75) is 91.1 Å². The molecular formula is C24H40O3. The van der Waals surface area contributed by atoms with Gasteiger partial charge in [0.25, 0.3) is 0 Å². The van der Waals surface area contributed by atoms with Gasteiger partial charge in [-0.1, -0.05) is 40.0 Å². The van der Waals surface area contributed by atoms with Gasteiger partial charge >= 0.3 is 5.97 Å². The Morgan fingerprint density at radius 3 is 2.59 bits per heavy atom. The van der Waals surface area contributed by atoms with Crippen LogP contribution < -0.4 is 0 Å². The van der Waals surface area contributed by atoms with Gasteiger partial charge in [0.1, 0.15) is 12.7 Å². The molecule has 0 saturated heterocycles. The summed E-state index contributed by atoms with van der Waals surface area (Å²) in [6.07, 6.45) is 13.5. The fourth-order valence-electron chi connectivity index (χ4n) is 8.50. The number of esters is 1. The van der Waals surface area contributed by atoms with Gasteiger partial charge in [0.15, 0.2) is 0 Å². The molecule has 0 amide bonds. The SMILES string of the molecule is CC[C@H]1CC[C@H]2[C@@H]3CC[C@H]4CCCC[C@]4(C)[C@H]3C[C@@H](OC(=O)COC)[C@]12C. The monoisotopic (exact) mass is 376 g/mol. The van der Waals surface area contributed by atoms with Crippen LogP contribution in [0.25, 0.3) is 0 Å². The molecule has 0 aromatic carbocycles. The van der Waals surface area contributed by atoms with Crippen LogP contribution in [0.15, 0.2) is 0 Å². The largest absolute Gasteiger partial charge is 0.460 e. The van der Waals surface area contributed by atoms with Gasteiger partial charge in [-0.2, -0.15) is 0 Å². The fraction of sp³-hybridized carbons (Fsp3) is 0.958. The van der Waals surface area contributed by atoms with Crippen molar-refractivity contribution in [3.05, 3.63) is 0 Å². The summed E-state index contributed by atoms with van der Waals surface area (Å²) in [7, 11) is 1.59. The summed E-state index contributed by atoms with van der Waals surface area (Å²) in [5.74, 6) is 3.76. The summed E-state index contributed by atoms with van der Waals surface area (Å²) in [5.41, 5.74) is 0.635. The highest BCUT2D eigenvalue weighted by Gasteiger charge is 2.63. The third-order valence-corrected chi connectivity index (χ3v) is 9.88. The smallest absolute Gasteiger partial charge is 0.332 e. The number of fused-ring (bicyclic) bond motifs is 5. The van der Waals surface area contributed by atoms with Crippen LogP contribution >= 0.6 is 0 Å². The highest BCUT2D eigenvalue weighted by atomic mass is 16.6. The molecule has 0 aromatic heterocycles. The van der Waals surface area contributed by atoms with Crippen molar-refractivity contribution in [3.63, 3.8) is 0 Å². The summed E-state index contributed by atoms with van der Waals surface area (Å²) in [5, 5.41) is 0. The third kappa shape index (κ3) is 2.98. The Bertz CT molecular complexity index is 560. The molecule has 0 N–H and O–H groups in total. The van der Waals surface area contributed by atoms with Gasteiger partial charge in [-0.15, -0.1) is 0 Å². The minimum Gasteiger partial charge on any atom is -0.460 e. The maximum Gasteiger partial charge on any atom is 0.332 e. The molecule has 0 spiro atoms. The lowest BCUT2D eigenvalue weighted by Gasteiger charge is -2.62.